The Morgan fingerprint density at radius 2 is 1.53 bits per heavy atom. The Morgan fingerprint density at radius 1 is 0.941 bits per heavy atom. The lowest BCUT2D eigenvalue weighted by atomic mass is 9.83. The van der Waals surface area contributed by atoms with Gasteiger partial charge >= 0.3 is 0 Å². The van der Waals surface area contributed by atoms with E-state index in [2.05, 4.69) is 20.8 Å². The standard InChI is InChI=1S/C17H34/c1-4-15(2)13-17-12-10-8-6-5-7-9-11-16(3)14-17/h15-17H,4-14H2,1-3H3. The first-order valence-corrected chi connectivity index (χ1v) is 8.22. The van der Waals surface area contributed by atoms with Crippen LogP contribution in [0.1, 0.15) is 91.4 Å². The van der Waals surface area contributed by atoms with Crippen molar-refractivity contribution in [1.29, 1.82) is 0 Å². The fraction of sp³-hybridized carbons (Fsp3) is 1.00. The molecule has 3 atom stereocenters. The SMILES string of the molecule is CCC(C)CC1CCCCCCCCC(C)C1. The van der Waals surface area contributed by atoms with Gasteiger partial charge in [0.05, 0.1) is 0 Å². The van der Waals surface area contributed by atoms with Crippen LogP contribution in [-0.2, 0) is 0 Å². The van der Waals surface area contributed by atoms with Gasteiger partial charge in [0, 0.05) is 0 Å². The molecule has 0 radical (unpaired) electrons. The van der Waals surface area contributed by atoms with E-state index < -0.39 is 0 Å². The van der Waals surface area contributed by atoms with Gasteiger partial charge in [0.15, 0.2) is 0 Å². The summed E-state index contributed by atoms with van der Waals surface area (Å²) in [5.74, 6) is 2.94. The highest BCUT2D eigenvalue weighted by Gasteiger charge is 2.16. The smallest absolute Gasteiger partial charge is 0.0409 e. The second-order valence-electron chi connectivity index (χ2n) is 6.65. The summed E-state index contributed by atoms with van der Waals surface area (Å²) in [6, 6.07) is 0. The van der Waals surface area contributed by atoms with Crippen LogP contribution in [0.4, 0.5) is 0 Å². The summed E-state index contributed by atoms with van der Waals surface area (Å²) >= 11 is 0. The highest BCUT2D eigenvalue weighted by atomic mass is 14.2. The molecule has 0 aromatic rings. The van der Waals surface area contributed by atoms with Crippen molar-refractivity contribution in [2.45, 2.75) is 91.4 Å². The second-order valence-corrected chi connectivity index (χ2v) is 6.65. The van der Waals surface area contributed by atoms with Crippen LogP contribution in [0, 0.1) is 17.8 Å². The maximum atomic E-state index is 2.49. The van der Waals surface area contributed by atoms with E-state index in [-0.39, 0.29) is 0 Å². The van der Waals surface area contributed by atoms with Crippen LogP contribution in [0.25, 0.3) is 0 Å². The lowest BCUT2D eigenvalue weighted by Gasteiger charge is -2.23. The maximum Gasteiger partial charge on any atom is -0.0409 e. The van der Waals surface area contributed by atoms with Crippen molar-refractivity contribution in [3.63, 3.8) is 0 Å². The molecule has 0 heterocycles. The normalized spacial score (nSPS) is 30.5. The van der Waals surface area contributed by atoms with Crippen LogP contribution < -0.4 is 0 Å². The molecular weight excluding hydrogens is 204 g/mol. The van der Waals surface area contributed by atoms with Crippen molar-refractivity contribution in [2.75, 3.05) is 0 Å². The van der Waals surface area contributed by atoms with Crippen LogP contribution in [0.5, 0.6) is 0 Å². The van der Waals surface area contributed by atoms with Crippen molar-refractivity contribution >= 4 is 0 Å². The Labute approximate surface area is 110 Å². The number of hydrogen-bond acceptors (Lipinski definition) is 0. The van der Waals surface area contributed by atoms with Gasteiger partial charge in [-0.2, -0.15) is 0 Å². The van der Waals surface area contributed by atoms with Crippen LogP contribution in [-0.4, -0.2) is 0 Å². The quantitative estimate of drug-likeness (QED) is 0.549. The van der Waals surface area contributed by atoms with Crippen molar-refractivity contribution in [1.82, 2.24) is 0 Å². The zero-order chi connectivity index (χ0) is 12.5. The van der Waals surface area contributed by atoms with Gasteiger partial charge in [-0.05, 0) is 30.6 Å². The average Bonchev–Trinajstić information content (AvgIpc) is 2.35. The molecule has 0 heteroatoms. The molecule has 17 heavy (non-hydrogen) atoms. The minimum absolute atomic E-state index is 0.942. The van der Waals surface area contributed by atoms with E-state index in [1.165, 1.54) is 70.6 Å². The minimum Gasteiger partial charge on any atom is -0.0651 e. The Morgan fingerprint density at radius 3 is 2.18 bits per heavy atom. The van der Waals surface area contributed by atoms with Crippen molar-refractivity contribution in [3.8, 4) is 0 Å². The summed E-state index contributed by atoms with van der Waals surface area (Å²) < 4.78 is 0. The molecule has 3 unspecified atom stereocenters. The molecule has 1 aliphatic rings. The van der Waals surface area contributed by atoms with E-state index in [1.54, 1.807) is 0 Å². The van der Waals surface area contributed by atoms with E-state index in [1.807, 2.05) is 0 Å². The summed E-state index contributed by atoms with van der Waals surface area (Å²) in [6.07, 6.45) is 16.3. The fourth-order valence-corrected chi connectivity index (χ4v) is 3.39. The third kappa shape index (κ3) is 7.11. The summed E-state index contributed by atoms with van der Waals surface area (Å²) in [4.78, 5) is 0. The summed E-state index contributed by atoms with van der Waals surface area (Å²) in [5, 5.41) is 0. The van der Waals surface area contributed by atoms with Crippen LogP contribution in [0.15, 0.2) is 0 Å². The molecule has 1 fully saturated rings. The topological polar surface area (TPSA) is 0 Å². The zero-order valence-corrected chi connectivity index (χ0v) is 12.5. The largest absolute Gasteiger partial charge is 0.0651 e. The fourth-order valence-electron chi connectivity index (χ4n) is 3.39. The van der Waals surface area contributed by atoms with Crippen molar-refractivity contribution < 1.29 is 0 Å². The average molecular weight is 238 g/mol. The van der Waals surface area contributed by atoms with E-state index in [0.29, 0.717) is 0 Å². The molecule has 1 saturated carbocycles. The van der Waals surface area contributed by atoms with E-state index in [9.17, 15) is 0 Å². The molecular formula is C17H34. The Kier molecular flexibility index (Phi) is 7.97. The lowest BCUT2D eigenvalue weighted by Crippen LogP contribution is -2.10. The molecule has 0 amide bonds. The van der Waals surface area contributed by atoms with E-state index >= 15 is 0 Å². The van der Waals surface area contributed by atoms with Crippen molar-refractivity contribution in [3.05, 3.63) is 0 Å². The monoisotopic (exact) mass is 238 g/mol. The predicted octanol–water partition coefficient (Wildman–Crippen LogP) is 6.20. The molecule has 0 nitrogen and oxygen atoms in total. The molecule has 1 rings (SSSR count). The van der Waals surface area contributed by atoms with Gasteiger partial charge in [0.2, 0.25) is 0 Å². The predicted molar refractivity (Wildman–Crippen MR) is 78.3 cm³/mol. The number of hydrogen-bond donors (Lipinski definition) is 0. The Hall–Kier alpha value is 0. The molecule has 0 spiro atoms. The molecule has 1 aliphatic carbocycles. The number of rotatable bonds is 3. The first kappa shape index (κ1) is 15.1. The van der Waals surface area contributed by atoms with Gasteiger partial charge in [-0.25, -0.2) is 0 Å². The van der Waals surface area contributed by atoms with Crippen LogP contribution >= 0.6 is 0 Å². The highest BCUT2D eigenvalue weighted by Crippen LogP contribution is 2.30. The Balaban J connectivity index is 2.39. The zero-order valence-electron chi connectivity index (χ0n) is 12.5. The van der Waals surface area contributed by atoms with Gasteiger partial charge in [-0.15, -0.1) is 0 Å². The second kappa shape index (κ2) is 9.00. The van der Waals surface area contributed by atoms with Crippen molar-refractivity contribution in [2.24, 2.45) is 17.8 Å². The highest BCUT2D eigenvalue weighted by molar-refractivity contribution is 4.68. The van der Waals surface area contributed by atoms with Gasteiger partial charge in [0.25, 0.3) is 0 Å². The summed E-state index contributed by atoms with van der Waals surface area (Å²) in [6.45, 7) is 7.27. The minimum atomic E-state index is 0.942. The Bertz CT molecular complexity index is 173. The molecule has 0 aromatic heterocycles. The van der Waals surface area contributed by atoms with Gasteiger partial charge in [-0.3, -0.25) is 0 Å². The molecule has 0 bridgehead atoms. The first-order valence-electron chi connectivity index (χ1n) is 8.22. The van der Waals surface area contributed by atoms with Crippen LogP contribution in [0.3, 0.4) is 0 Å². The molecule has 0 aliphatic heterocycles. The van der Waals surface area contributed by atoms with Gasteiger partial charge in [0.1, 0.15) is 0 Å². The first-order chi connectivity index (χ1) is 8.22. The van der Waals surface area contributed by atoms with E-state index in [0.717, 1.165) is 17.8 Å². The molecule has 0 aromatic carbocycles. The molecule has 102 valence electrons. The third-order valence-electron chi connectivity index (χ3n) is 4.73. The van der Waals surface area contributed by atoms with Crippen LogP contribution in [0.2, 0.25) is 0 Å². The summed E-state index contributed by atoms with van der Waals surface area (Å²) in [7, 11) is 0. The van der Waals surface area contributed by atoms with Gasteiger partial charge in [-0.1, -0.05) is 78.6 Å². The molecule has 0 saturated heterocycles. The molecule has 0 N–H and O–H groups in total. The summed E-state index contributed by atoms with van der Waals surface area (Å²) in [5.41, 5.74) is 0. The maximum absolute atomic E-state index is 2.49. The lowest BCUT2D eigenvalue weighted by molar-refractivity contribution is 0.289. The third-order valence-corrected chi connectivity index (χ3v) is 4.73. The van der Waals surface area contributed by atoms with E-state index in [4.69, 9.17) is 0 Å². The van der Waals surface area contributed by atoms with Gasteiger partial charge < -0.3 is 0 Å².